The van der Waals surface area contributed by atoms with Gasteiger partial charge in [0, 0.05) is 22.6 Å². The van der Waals surface area contributed by atoms with Crippen LogP contribution in [0.2, 0.25) is 5.02 Å². The fraction of sp³-hybridized carbons (Fsp3) is 0.294. The van der Waals surface area contributed by atoms with Gasteiger partial charge in [-0.25, -0.2) is 0 Å². The highest BCUT2D eigenvalue weighted by atomic mass is 79.9. The Kier molecular flexibility index (Phi) is 6.09. The molecule has 1 atom stereocenters. The van der Waals surface area contributed by atoms with Crippen molar-refractivity contribution in [1.29, 1.82) is 0 Å². The van der Waals surface area contributed by atoms with Crippen LogP contribution in [0, 0.1) is 0 Å². The maximum absolute atomic E-state index is 6.13. The zero-order valence-electron chi connectivity index (χ0n) is 12.2. The van der Waals surface area contributed by atoms with Crippen LogP contribution in [0.1, 0.15) is 30.5 Å². The predicted octanol–water partition coefficient (Wildman–Crippen LogP) is 5.35. The van der Waals surface area contributed by atoms with Crippen LogP contribution in [0.15, 0.2) is 46.9 Å². The molecule has 0 bridgehead atoms. The Hall–Kier alpha value is -1.03. The average Bonchev–Trinajstić information content (AvgIpc) is 2.51. The molecule has 0 amide bonds. The van der Waals surface area contributed by atoms with E-state index in [0.29, 0.717) is 0 Å². The van der Waals surface area contributed by atoms with E-state index >= 15 is 0 Å². The molecule has 1 unspecified atom stereocenters. The average molecular weight is 369 g/mol. The lowest BCUT2D eigenvalue weighted by Crippen LogP contribution is -2.20. The molecular weight excluding hydrogens is 350 g/mol. The van der Waals surface area contributed by atoms with Gasteiger partial charge in [-0.05, 0) is 46.1 Å². The van der Waals surface area contributed by atoms with Gasteiger partial charge < -0.3 is 10.1 Å². The number of benzene rings is 2. The van der Waals surface area contributed by atoms with E-state index in [2.05, 4.69) is 40.3 Å². The van der Waals surface area contributed by atoms with Gasteiger partial charge >= 0.3 is 0 Å². The third kappa shape index (κ3) is 4.22. The van der Waals surface area contributed by atoms with Crippen molar-refractivity contribution in [2.45, 2.75) is 25.9 Å². The molecule has 1 N–H and O–H groups in total. The molecule has 0 saturated heterocycles. The highest BCUT2D eigenvalue weighted by molar-refractivity contribution is 9.10. The lowest BCUT2D eigenvalue weighted by Gasteiger charge is -2.20. The summed E-state index contributed by atoms with van der Waals surface area (Å²) in [5.41, 5.74) is 2.35. The van der Waals surface area contributed by atoms with E-state index in [1.54, 1.807) is 7.11 Å². The summed E-state index contributed by atoms with van der Waals surface area (Å²) in [6.45, 7) is 2.93. The molecule has 2 aromatic carbocycles. The SMILES string of the molecule is CCC(NCc1ccc(Br)c(Cl)c1)c1ccccc1OC. The van der Waals surface area contributed by atoms with Crippen molar-refractivity contribution in [2.24, 2.45) is 0 Å². The molecule has 21 heavy (non-hydrogen) atoms. The van der Waals surface area contributed by atoms with Crippen molar-refractivity contribution in [3.8, 4) is 5.75 Å². The largest absolute Gasteiger partial charge is 0.496 e. The van der Waals surface area contributed by atoms with Crippen LogP contribution < -0.4 is 10.1 Å². The molecule has 0 spiro atoms. The maximum atomic E-state index is 6.13. The minimum atomic E-state index is 0.253. The topological polar surface area (TPSA) is 21.3 Å². The highest BCUT2D eigenvalue weighted by Gasteiger charge is 2.13. The van der Waals surface area contributed by atoms with Gasteiger partial charge in [0.2, 0.25) is 0 Å². The number of rotatable bonds is 6. The van der Waals surface area contributed by atoms with Crippen molar-refractivity contribution in [2.75, 3.05) is 7.11 Å². The molecule has 0 heterocycles. The third-order valence-electron chi connectivity index (χ3n) is 3.46. The first-order chi connectivity index (χ1) is 10.2. The number of halogens is 2. The number of hydrogen-bond acceptors (Lipinski definition) is 2. The molecule has 0 aliphatic rings. The molecule has 2 rings (SSSR count). The van der Waals surface area contributed by atoms with Crippen molar-refractivity contribution < 1.29 is 4.74 Å². The summed E-state index contributed by atoms with van der Waals surface area (Å²) in [6.07, 6.45) is 0.991. The van der Waals surface area contributed by atoms with Crippen LogP contribution in [0.25, 0.3) is 0 Å². The second-order valence-corrected chi connectivity index (χ2v) is 6.09. The number of nitrogens with one attached hydrogen (secondary N) is 1. The smallest absolute Gasteiger partial charge is 0.123 e. The monoisotopic (exact) mass is 367 g/mol. The summed E-state index contributed by atoms with van der Waals surface area (Å²) in [5, 5.41) is 4.31. The summed E-state index contributed by atoms with van der Waals surface area (Å²) < 4.78 is 6.37. The molecule has 0 radical (unpaired) electrons. The van der Waals surface area contributed by atoms with E-state index < -0.39 is 0 Å². The number of ether oxygens (including phenoxy) is 1. The zero-order chi connectivity index (χ0) is 15.2. The predicted molar refractivity (Wildman–Crippen MR) is 92.0 cm³/mol. The lowest BCUT2D eigenvalue weighted by molar-refractivity contribution is 0.396. The van der Waals surface area contributed by atoms with Crippen LogP contribution in [0.5, 0.6) is 5.75 Å². The summed E-state index contributed by atoms with van der Waals surface area (Å²) in [7, 11) is 1.71. The Morgan fingerprint density at radius 1 is 1.24 bits per heavy atom. The second-order valence-electron chi connectivity index (χ2n) is 4.83. The Bertz CT molecular complexity index is 603. The van der Waals surface area contributed by atoms with Crippen molar-refractivity contribution >= 4 is 27.5 Å². The van der Waals surface area contributed by atoms with E-state index in [-0.39, 0.29) is 6.04 Å². The maximum Gasteiger partial charge on any atom is 0.123 e. The van der Waals surface area contributed by atoms with Gasteiger partial charge in [0.1, 0.15) is 5.75 Å². The van der Waals surface area contributed by atoms with E-state index in [4.69, 9.17) is 16.3 Å². The van der Waals surface area contributed by atoms with Gasteiger partial charge in [-0.15, -0.1) is 0 Å². The molecule has 0 fully saturated rings. The van der Waals surface area contributed by atoms with Crippen LogP contribution in [0.4, 0.5) is 0 Å². The first-order valence-corrected chi connectivity index (χ1v) is 8.13. The molecule has 2 nitrogen and oxygen atoms in total. The van der Waals surface area contributed by atoms with Gasteiger partial charge in [0.15, 0.2) is 0 Å². The standard InChI is InChI=1S/C17H19BrClNO/c1-3-16(13-6-4-5-7-17(13)21-2)20-11-12-8-9-14(18)15(19)10-12/h4-10,16,20H,3,11H2,1-2H3. The summed E-state index contributed by atoms with van der Waals surface area (Å²) in [6, 6.07) is 14.4. The van der Waals surface area contributed by atoms with Crippen molar-refractivity contribution in [3.05, 3.63) is 63.1 Å². The Morgan fingerprint density at radius 3 is 2.67 bits per heavy atom. The van der Waals surface area contributed by atoms with Gasteiger partial charge in [-0.1, -0.05) is 42.8 Å². The fourth-order valence-electron chi connectivity index (χ4n) is 2.32. The Labute approximate surface area is 139 Å². The fourth-order valence-corrected chi connectivity index (χ4v) is 2.77. The van der Waals surface area contributed by atoms with Crippen molar-refractivity contribution in [1.82, 2.24) is 5.32 Å². The Balaban J connectivity index is 2.10. The molecule has 0 aliphatic heterocycles. The normalized spacial score (nSPS) is 12.2. The summed E-state index contributed by atoms with van der Waals surface area (Å²) in [4.78, 5) is 0. The van der Waals surface area contributed by atoms with Crippen LogP contribution in [-0.4, -0.2) is 7.11 Å². The third-order valence-corrected chi connectivity index (χ3v) is 4.69. The van der Waals surface area contributed by atoms with Gasteiger partial charge in [0.05, 0.1) is 12.1 Å². The second kappa shape index (κ2) is 7.83. The molecular formula is C17H19BrClNO. The first-order valence-electron chi connectivity index (χ1n) is 6.96. The first kappa shape index (κ1) is 16.3. The molecule has 2 aromatic rings. The molecule has 0 aliphatic carbocycles. The summed E-state index contributed by atoms with van der Waals surface area (Å²) in [5.74, 6) is 0.922. The van der Waals surface area contributed by atoms with Crippen molar-refractivity contribution in [3.63, 3.8) is 0 Å². The zero-order valence-corrected chi connectivity index (χ0v) is 14.5. The van der Waals surface area contributed by atoms with E-state index in [0.717, 1.165) is 33.8 Å². The molecule has 4 heteroatoms. The molecule has 112 valence electrons. The highest BCUT2D eigenvalue weighted by Crippen LogP contribution is 2.28. The molecule has 0 saturated carbocycles. The van der Waals surface area contributed by atoms with E-state index in [1.807, 2.05) is 30.3 Å². The molecule has 0 aromatic heterocycles. The van der Waals surface area contributed by atoms with Crippen LogP contribution in [0.3, 0.4) is 0 Å². The van der Waals surface area contributed by atoms with E-state index in [1.165, 1.54) is 5.56 Å². The number of para-hydroxylation sites is 1. The van der Waals surface area contributed by atoms with E-state index in [9.17, 15) is 0 Å². The minimum Gasteiger partial charge on any atom is -0.496 e. The van der Waals surface area contributed by atoms with Gasteiger partial charge in [-0.3, -0.25) is 0 Å². The lowest BCUT2D eigenvalue weighted by atomic mass is 10.0. The quantitative estimate of drug-likeness (QED) is 0.742. The number of methoxy groups -OCH3 is 1. The van der Waals surface area contributed by atoms with Gasteiger partial charge in [0.25, 0.3) is 0 Å². The minimum absolute atomic E-state index is 0.253. The van der Waals surface area contributed by atoms with Gasteiger partial charge in [-0.2, -0.15) is 0 Å². The number of hydrogen-bond donors (Lipinski definition) is 1. The van der Waals surface area contributed by atoms with Crippen LogP contribution >= 0.6 is 27.5 Å². The van der Waals surface area contributed by atoms with Crippen LogP contribution in [-0.2, 0) is 6.54 Å². The Morgan fingerprint density at radius 2 is 2.00 bits per heavy atom. The summed E-state index contributed by atoms with van der Waals surface area (Å²) >= 11 is 9.54.